The van der Waals surface area contributed by atoms with E-state index in [0.717, 1.165) is 40.1 Å². The van der Waals surface area contributed by atoms with Crippen LogP contribution in [0.1, 0.15) is 44.6 Å². The molecule has 30 heavy (non-hydrogen) atoms. The molecule has 0 saturated heterocycles. The van der Waals surface area contributed by atoms with Crippen LogP contribution in [0.25, 0.3) is 28.3 Å². The van der Waals surface area contributed by atoms with Gasteiger partial charge < -0.3 is 14.6 Å². The van der Waals surface area contributed by atoms with E-state index >= 15 is 0 Å². The molecule has 5 heteroatoms. The van der Waals surface area contributed by atoms with Crippen molar-refractivity contribution in [3.63, 3.8) is 0 Å². The first kappa shape index (κ1) is 19.8. The number of fused-ring (bicyclic) bond motifs is 2. The highest BCUT2D eigenvalue weighted by Crippen LogP contribution is 2.42. The van der Waals surface area contributed by atoms with Crippen LogP contribution in [-0.4, -0.2) is 29.2 Å². The molecule has 1 aromatic heterocycles. The Hall–Kier alpha value is -3.52. The van der Waals surface area contributed by atoms with Crippen LogP contribution in [0.4, 0.5) is 5.69 Å². The molecule has 152 valence electrons. The summed E-state index contributed by atoms with van der Waals surface area (Å²) in [6, 6.07) is 14.2. The van der Waals surface area contributed by atoms with Crippen LogP contribution in [0.2, 0.25) is 0 Å². The topological polar surface area (TPSA) is 64.9 Å². The van der Waals surface area contributed by atoms with Gasteiger partial charge in [-0.25, -0.2) is 4.98 Å². The lowest BCUT2D eigenvalue weighted by Gasteiger charge is -2.43. The number of rotatable bonds is 4. The van der Waals surface area contributed by atoms with Gasteiger partial charge >= 0.3 is 0 Å². The van der Waals surface area contributed by atoms with E-state index in [1.165, 1.54) is 5.57 Å². The number of nitrogens with one attached hydrogen (secondary N) is 1. The van der Waals surface area contributed by atoms with Gasteiger partial charge in [0.05, 0.1) is 29.3 Å². The largest absolute Gasteiger partial charge is 0.496 e. The second-order valence-electron chi connectivity index (χ2n) is 8.11. The number of allylic oxidation sites excluding steroid dienone is 2. The summed E-state index contributed by atoms with van der Waals surface area (Å²) in [5.74, 6) is 1.30. The first-order valence-electron chi connectivity index (χ1n) is 10.1. The number of likely N-dealkylation sites (N-methyl/N-ethyl adjacent to an activating group) is 1. The standard InChI is InChI=1S/C25H26N4O/c1-6-29-22-13-23(30-5)17(12-19(22)16(2)14-25(29,3)4)11-18(15-26)24-27-20-9-7-8-10-21(20)28-24/h7-14H,6H2,1-5H3,(H,27,28)/b18-11+. The lowest BCUT2D eigenvalue weighted by Crippen LogP contribution is -2.44. The number of benzene rings is 2. The second-order valence-corrected chi connectivity index (χ2v) is 8.11. The average Bonchev–Trinajstić information content (AvgIpc) is 3.15. The number of para-hydroxylation sites is 2. The number of H-pyrrole nitrogens is 1. The quantitative estimate of drug-likeness (QED) is 0.576. The Morgan fingerprint density at radius 1 is 1.30 bits per heavy atom. The molecule has 0 bridgehead atoms. The first-order chi connectivity index (χ1) is 14.4. The highest BCUT2D eigenvalue weighted by atomic mass is 16.5. The van der Waals surface area contributed by atoms with Crippen LogP contribution in [0.15, 0.2) is 42.5 Å². The summed E-state index contributed by atoms with van der Waals surface area (Å²) in [4.78, 5) is 10.2. The Balaban J connectivity index is 1.86. The number of ether oxygens (including phenoxy) is 1. The summed E-state index contributed by atoms with van der Waals surface area (Å²) >= 11 is 0. The molecule has 0 atom stereocenters. The van der Waals surface area contributed by atoms with E-state index < -0.39 is 0 Å². The Morgan fingerprint density at radius 2 is 2.07 bits per heavy atom. The van der Waals surface area contributed by atoms with Crippen LogP contribution in [0.5, 0.6) is 5.75 Å². The molecule has 1 N–H and O–H groups in total. The predicted octanol–water partition coefficient (Wildman–Crippen LogP) is 5.66. The van der Waals surface area contributed by atoms with Crippen LogP contribution in [0.3, 0.4) is 0 Å². The summed E-state index contributed by atoms with van der Waals surface area (Å²) in [5.41, 5.74) is 6.53. The van der Waals surface area contributed by atoms with Crippen LogP contribution >= 0.6 is 0 Å². The maximum absolute atomic E-state index is 9.83. The number of hydrogen-bond donors (Lipinski definition) is 1. The number of aromatic nitrogens is 2. The minimum Gasteiger partial charge on any atom is -0.496 e. The molecule has 0 spiro atoms. The van der Waals surface area contributed by atoms with Crippen molar-refractivity contribution >= 4 is 33.9 Å². The first-order valence-corrected chi connectivity index (χ1v) is 10.1. The van der Waals surface area contributed by atoms with Crippen LogP contribution in [-0.2, 0) is 0 Å². The van der Waals surface area contributed by atoms with Gasteiger partial charge in [0.1, 0.15) is 17.6 Å². The van der Waals surface area contributed by atoms with Gasteiger partial charge in [-0.1, -0.05) is 18.2 Å². The molecule has 0 aliphatic carbocycles. The van der Waals surface area contributed by atoms with Crippen molar-refractivity contribution < 1.29 is 4.74 Å². The van der Waals surface area contributed by atoms with Gasteiger partial charge in [-0.2, -0.15) is 5.26 Å². The van der Waals surface area contributed by atoms with Gasteiger partial charge in [0.25, 0.3) is 0 Å². The van der Waals surface area contributed by atoms with Crippen molar-refractivity contribution in [2.75, 3.05) is 18.6 Å². The fourth-order valence-corrected chi connectivity index (χ4v) is 4.38. The van der Waals surface area contributed by atoms with Gasteiger partial charge in [-0.05, 0) is 57.5 Å². The third kappa shape index (κ3) is 3.25. The Bertz CT molecular complexity index is 1190. The third-order valence-corrected chi connectivity index (χ3v) is 5.71. The van der Waals surface area contributed by atoms with Crippen molar-refractivity contribution in [3.8, 4) is 11.8 Å². The fourth-order valence-electron chi connectivity index (χ4n) is 4.38. The Kier molecular flexibility index (Phi) is 4.87. The molecule has 0 fully saturated rings. The molecule has 0 radical (unpaired) electrons. The number of hydrogen-bond acceptors (Lipinski definition) is 4. The monoisotopic (exact) mass is 398 g/mol. The van der Waals surface area contributed by atoms with Crippen LogP contribution in [0, 0.1) is 11.3 Å². The number of nitriles is 1. The minimum absolute atomic E-state index is 0.0692. The minimum atomic E-state index is -0.0692. The smallest absolute Gasteiger partial charge is 0.149 e. The summed E-state index contributed by atoms with van der Waals surface area (Å²) in [5, 5.41) is 9.83. The number of methoxy groups -OCH3 is 1. The zero-order valence-corrected chi connectivity index (χ0v) is 18.1. The maximum Gasteiger partial charge on any atom is 0.149 e. The third-order valence-electron chi connectivity index (χ3n) is 5.71. The number of anilines is 1. The molecule has 3 aromatic rings. The molecule has 4 rings (SSSR count). The molecule has 2 aromatic carbocycles. The van der Waals surface area contributed by atoms with Crippen molar-refractivity contribution in [1.29, 1.82) is 5.26 Å². The van der Waals surface area contributed by atoms with Gasteiger partial charge in [0, 0.05) is 29.4 Å². The van der Waals surface area contributed by atoms with Crippen molar-refractivity contribution in [2.45, 2.75) is 33.2 Å². The SMILES string of the molecule is CCN1c2cc(OC)c(/C=C(\C#N)c3nc4ccccc4[nH]3)cc2C(C)=CC1(C)C. The molecular formula is C25H26N4O. The van der Waals surface area contributed by atoms with Gasteiger partial charge in [0.15, 0.2) is 0 Å². The van der Waals surface area contributed by atoms with E-state index in [9.17, 15) is 5.26 Å². The van der Waals surface area contributed by atoms with E-state index in [2.05, 4.69) is 66.8 Å². The Labute approximate surface area is 177 Å². The molecule has 0 unspecified atom stereocenters. The lowest BCUT2D eigenvalue weighted by atomic mass is 9.87. The highest BCUT2D eigenvalue weighted by molar-refractivity contribution is 5.93. The molecule has 5 nitrogen and oxygen atoms in total. The Morgan fingerprint density at radius 3 is 2.73 bits per heavy atom. The number of nitrogens with zero attached hydrogens (tertiary/aromatic N) is 3. The molecule has 1 aliphatic rings. The molecule has 0 saturated carbocycles. The van der Waals surface area contributed by atoms with Gasteiger partial charge in [-0.3, -0.25) is 0 Å². The van der Waals surface area contributed by atoms with Gasteiger partial charge in [-0.15, -0.1) is 0 Å². The maximum atomic E-state index is 9.83. The molecular weight excluding hydrogens is 372 g/mol. The van der Waals surface area contributed by atoms with Crippen molar-refractivity contribution in [1.82, 2.24) is 9.97 Å². The number of imidazole rings is 1. The molecule has 1 aliphatic heterocycles. The fraction of sp³-hybridized carbons (Fsp3) is 0.280. The highest BCUT2D eigenvalue weighted by Gasteiger charge is 2.31. The number of aromatic amines is 1. The average molecular weight is 399 g/mol. The van der Waals surface area contributed by atoms with E-state index in [1.807, 2.05) is 30.3 Å². The molecule has 2 heterocycles. The van der Waals surface area contributed by atoms with Gasteiger partial charge in [0.2, 0.25) is 0 Å². The summed E-state index contributed by atoms with van der Waals surface area (Å²) in [6.45, 7) is 9.63. The zero-order valence-electron chi connectivity index (χ0n) is 18.1. The lowest BCUT2D eigenvalue weighted by molar-refractivity contribution is 0.413. The molecule has 0 amide bonds. The summed E-state index contributed by atoms with van der Waals surface area (Å²) in [7, 11) is 1.67. The predicted molar refractivity (Wildman–Crippen MR) is 123 cm³/mol. The van der Waals surface area contributed by atoms with E-state index in [-0.39, 0.29) is 5.54 Å². The van der Waals surface area contributed by atoms with Crippen LogP contribution < -0.4 is 9.64 Å². The van der Waals surface area contributed by atoms with E-state index in [0.29, 0.717) is 11.4 Å². The zero-order chi connectivity index (χ0) is 21.5. The van der Waals surface area contributed by atoms with Crippen molar-refractivity contribution in [3.05, 3.63) is 59.4 Å². The summed E-state index contributed by atoms with van der Waals surface area (Å²) < 4.78 is 5.72. The summed E-state index contributed by atoms with van der Waals surface area (Å²) in [6.07, 6.45) is 4.14. The second kappa shape index (κ2) is 7.38. The van der Waals surface area contributed by atoms with E-state index in [4.69, 9.17) is 4.74 Å². The van der Waals surface area contributed by atoms with E-state index in [1.54, 1.807) is 7.11 Å². The normalized spacial score (nSPS) is 15.5. The van der Waals surface area contributed by atoms with Crippen molar-refractivity contribution in [2.24, 2.45) is 0 Å².